The number of nitrogens with one attached hydrogen (secondary N) is 1. The van der Waals surface area contributed by atoms with Crippen molar-refractivity contribution in [3.63, 3.8) is 0 Å². The lowest BCUT2D eigenvalue weighted by Gasteiger charge is -2.45. The number of hydrogen-bond donors (Lipinski definition) is 1. The molecular formula is C22H32ClN3O. The summed E-state index contributed by atoms with van der Waals surface area (Å²) in [5, 5.41) is 4.04. The first-order valence-electron chi connectivity index (χ1n) is 10.7. The van der Waals surface area contributed by atoms with E-state index in [0.717, 1.165) is 42.6 Å². The highest BCUT2D eigenvalue weighted by Gasteiger charge is 2.46. The predicted molar refractivity (Wildman–Crippen MR) is 111 cm³/mol. The maximum absolute atomic E-state index is 12.2. The average molecular weight is 390 g/mol. The Balaban J connectivity index is 1.38. The summed E-state index contributed by atoms with van der Waals surface area (Å²) in [6.07, 6.45) is 11.9. The van der Waals surface area contributed by atoms with Crippen molar-refractivity contribution in [2.75, 3.05) is 31.1 Å². The molecule has 2 aliphatic heterocycles. The van der Waals surface area contributed by atoms with Crippen LogP contribution in [0.2, 0.25) is 5.02 Å². The molecule has 3 fully saturated rings. The van der Waals surface area contributed by atoms with Crippen LogP contribution in [0.15, 0.2) is 24.3 Å². The number of rotatable bonds is 3. The molecule has 4 rings (SSSR count). The molecule has 1 amide bonds. The molecule has 0 unspecified atom stereocenters. The van der Waals surface area contributed by atoms with Gasteiger partial charge in [0.1, 0.15) is 5.66 Å². The van der Waals surface area contributed by atoms with Gasteiger partial charge >= 0.3 is 0 Å². The molecule has 2 heterocycles. The Bertz CT molecular complexity index is 631. The maximum atomic E-state index is 12.2. The Hall–Kier alpha value is -1.26. The molecule has 1 aromatic rings. The van der Waals surface area contributed by atoms with E-state index in [0.29, 0.717) is 6.54 Å². The summed E-state index contributed by atoms with van der Waals surface area (Å²) in [5.41, 5.74) is 0.869. The van der Waals surface area contributed by atoms with Gasteiger partial charge < -0.3 is 15.1 Å². The molecule has 1 aliphatic carbocycles. The highest BCUT2D eigenvalue weighted by atomic mass is 35.5. The number of carbonyl (C=O) groups is 1. The second-order valence-corrected chi connectivity index (χ2v) is 9.09. The predicted octanol–water partition coefficient (Wildman–Crippen LogP) is 4.43. The monoisotopic (exact) mass is 389 g/mol. The summed E-state index contributed by atoms with van der Waals surface area (Å²) in [6.45, 7) is 3.83. The van der Waals surface area contributed by atoms with Gasteiger partial charge in [0, 0.05) is 43.2 Å². The minimum Gasteiger partial charge on any atom is -0.339 e. The largest absolute Gasteiger partial charge is 0.339 e. The number of hydrogen-bond acceptors (Lipinski definition) is 3. The highest BCUT2D eigenvalue weighted by Crippen LogP contribution is 2.35. The molecule has 0 bridgehead atoms. The molecule has 1 aromatic carbocycles. The number of likely N-dealkylation sites (tertiary alicyclic amines) is 1. The van der Waals surface area contributed by atoms with Gasteiger partial charge in [-0.3, -0.25) is 4.79 Å². The van der Waals surface area contributed by atoms with E-state index in [2.05, 4.69) is 15.1 Å². The maximum Gasteiger partial charge on any atom is 0.241 e. The summed E-state index contributed by atoms with van der Waals surface area (Å²) in [7, 11) is 0. The first-order chi connectivity index (χ1) is 13.1. The number of amides is 1. The van der Waals surface area contributed by atoms with Crippen LogP contribution in [0.4, 0.5) is 5.69 Å². The molecule has 148 valence electrons. The lowest BCUT2D eigenvalue weighted by atomic mass is 9.89. The molecule has 0 radical (unpaired) electrons. The molecule has 4 nitrogen and oxygen atoms in total. The summed E-state index contributed by atoms with van der Waals surface area (Å²) in [6, 6.07) is 7.89. The number of benzene rings is 1. The fourth-order valence-corrected chi connectivity index (χ4v) is 5.34. The van der Waals surface area contributed by atoms with Gasteiger partial charge in [-0.1, -0.05) is 43.7 Å². The van der Waals surface area contributed by atoms with Gasteiger partial charge in [0.25, 0.3) is 0 Å². The Labute approximate surface area is 168 Å². The smallest absolute Gasteiger partial charge is 0.241 e. The molecule has 0 atom stereocenters. The molecule has 3 aliphatic rings. The van der Waals surface area contributed by atoms with E-state index < -0.39 is 0 Å². The van der Waals surface area contributed by atoms with Crippen molar-refractivity contribution >= 4 is 23.2 Å². The van der Waals surface area contributed by atoms with E-state index in [1.54, 1.807) is 0 Å². The normalized spacial score (nSPS) is 24.6. The van der Waals surface area contributed by atoms with Crippen LogP contribution < -0.4 is 10.2 Å². The van der Waals surface area contributed by atoms with Crippen LogP contribution in [0.3, 0.4) is 0 Å². The molecule has 2 saturated heterocycles. The van der Waals surface area contributed by atoms with Gasteiger partial charge in [-0.25, -0.2) is 0 Å². The van der Waals surface area contributed by atoms with E-state index in [1.165, 1.54) is 51.5 Å². The fraction of sp³-hybridized carbons (Fsp3) is 0.682. The van der Waals surface area contributed by atoms with E-state index in [1.807, 2.05) is 24.3 Å². The first-order valence-corrected chi connectivity index (χ1v) is 11.1. The lowest BCUT2D eigenvalue weighted by Crippen LogP contribution is -2.59. The molecule has 1 N–H and O–H groups in total. The third-order valence-electron chi connectivity index (χ3n) is 6.75. The van der Waals surface area contributed by atoms with Gasteiger partial charge in [-0.15, -0.1) is 0 Å². The third-order valence-corrected chi connectivity index (χ3v) is 7.01. The van der Waals surface area contributed by atoms with Gasteiger partial charge in [0.05, 0.1) is 6.54 Å². The number of carbonyl (C=O) groups excluding carboxylic acids is 1. The number of piperidine rings is 1. The van der Waals surface area contributed by atoms with Crippen LogP contribution in [-0.4, -0.2) is 42.6 Å². The quantitative estimate of drug-likeness (QED) is 0.830. The second kappa shape index (κ2) is 8.40. The van der Waals surface area contributed by atoms with E-state index in [4.69, 9.17) is 11.6 Å². The summed E-state index contributed by atoms with van der Waals surface area (Å²) < 4.78 is 0. The SMILES string of the molecule is O=C1CN(c2ccc(Cl)cc2)C2(CCN(CC3CCCCCCC3)CC2)N1. The Morgan fingerprint density at radius 1 is 1.00 bits per heavy atom. The number of nitrogens with zero attached hydrogens (tertiary/aromatic N) is 2. The van der Waals surface area contributed by atoms with Crippen molar-refractivity contribution in [1.82, 2.24) is 10.2 Å². The van der Waals surface area contributed by atoms with Gasteiger partial charge in [0.15, 0.2) is 0 Å². The van der Waals surface area contributed by atoms with Crippen molar-refractivity contribution < 1.29 is 4.79 Å². The van der Waals surface area contributed by atoms with Crippen molar-refractivity contribution in [3.05, 3.63) is 29.3 Å². The number of halogens is 1. The van der Waals surface area contributed by atoms with Crippen LogP contribution in [-0.2, 0) is 4.79 Å². The molecule has 0 aromatic heterocycles. The van der Waals surface area contributed by atoms with Crippen molar-refractivity contribution in [2.45, 2.75) is 63.5 Å². The van der Waals surface area contributed by atoms with Crippen LogP contribution in [0, 0.1) is 5.92 Å². The van der Waals surface area contributed by atoms with Gasteiger partial charge in [0.2, 0.25) is 5.91 Å². The van der Waals surface area contributed by atoms with Crippen LogP contribution >= 0.6 is 11.6 Å². The lowest BCUT2D eigenvalue weighted by molar-refractivity contribution is -0.119. The standard InChI is InChI=1S/C22H32ClN3O/c23-19-8-10-20(11-9-19)26-17-21(27)24-22(26)12-14-25(15-13-22)16-18-6-4-2-1-3-5-7-18/h8-11,18H,1-7,12-17H2,(H,24,27). The van der Waals surface area contributed by atoms with Crippen LogP contribution in [0.5, 0.6) is 0 Å². The molecule has 27 heavy (non-hydrogen) atoms. The van der Waals surface area contributed by atoms with Gasteiger partial charge in [-0.2, -0.15) is 0 Å². The minimum absolute atomic E-state index is 0.137. The topological polar surface area (TPSA) is 35.6 Å². The zero-order valence-electron chi connectivity index (χ0n) is 16.3. The summed E-state index contributed by atoms with van der Waals surface area (Å²) in [4.78, 5) is 17.1. The van der Waals surface area contributed by atoms with E-state index in [9.17, 15) is 4.79 Å². The first kappa shape index (κ1) is 19.1. The van der Waals surface area contributed by atoms with E-state index >= 15 is 0 Å². The van der Waals surface area contributed by atoms with Crippen molar-refractivity contribution in [3.8, 4) is 0 Å². The molecular weight excluding hydrogens is 358 g/mol. The molecule has 1 spiro atoms. The van der Waals surface area contributed by atoms with E-state index in [-0.39, 0.29) is 11.6 Å². The third kappa shape index (κ3) is 4.43. The summed E-state index contributed by atoms with van der Waals surface area (Å²) >= 11 is 6.05. The summed E-state index contributed by atoms with van der Waals surface area (Å²) in [5.74, 6) is 1.00. The Kier molecular flexibility index (Phi) is 5.93. The average Bonchev–Trinajstić information content (AvgIpc) is 2.96. The zero-order chi connectivity index (χ0) is 18.7. The van der Waals surface area contributed by atoms with Crippen molar-refractivity contribution in [1.29, 1.82) is 0 Å². The molecule has 1 saturated carbocycles. The zero-order valence-corrected chi connectivity index (χ0v) is 17.0. The second-order valence-electron chi connectivity index (χ2n) is 8.65. The van der Waals surface area contributed by atoms with Crippen molar-refractivity contribution in [2.24, 2.45) is 5.92 Å². The van der Waals surface area contributed by atoms with Gasteiger partial charge in [-0.05, 0) is 43.0 Å². The molecule has 5 heteroatoms. The highest BCUT2D eigenvalue weighted by molar-refractivity contribution is 6.30. The van der Waals surface area contributed by atoms with Crippen LogP contribution in [0.25, 0.3) is 0 Å². The van der Waals surface area contributed by atoms with Crippen LogP contribution in [0.1, 0.15) is 57.8 Å². The number of anilines is 1. The Morgan fingerprint density at radius 2 is 1.63 bits per heavy atom. The minimum atomic E-state index is -0.220. The Morgan fingerprint density at radius 3 is 2.30 bits per heavy atom. The fourth-order valence-electron chi connectivity index (χ4n) is 5.21.